The van der Waals surface area contributed by atoms with Crippen molar-refractivity contribution >= 4 is 15.6 Å². The molecule has 0 saturated carbocycles. The average molecular weight is 546 g/mol. The number of aromatic nitrogens is 2. The second-order valence-corrected chi connectivity index (χ2v) is 10.8. The lowest BCUT2D eigenvalue weighted by molar-refractivity contribution is -0.286. The fraction of sp³-hybridized carbons (Fsp3) is 0.750. The summed E-state index contributed by atoms with van der Waals surface area (Å²) in [5.74, 6) is 0. The van der Waals surface area contributed by atoms with E-state index in [2.05, 4.69) is 13.4 Å². The number of H-pyrrole nitrogens is 1. The third kappa shape index (κ3) is 7.14. The molecule has 0 radical (unpaired) electrons. The van der Waals surface area contributed by atoms with E-state index in [1.807, 2.05) is 4.98 Å². The summed E-state index contributed by atoms with van der Waals surface area (Å²) >= 11 is 0. The first-order chi connectivity index (χ1) is 16.2. The van der Waals surface area contributed by atoms with Gasteiger partial charge in [0.2, 0.25) is 0 Å². The zero-order valence-electron chi connectivity index (χ0n) is 18.1. The van der Waals surface area contributed by atoms with Gasteiger partial charge in [-0.1, -0.05) is 0 Å². The molecule has 0 bridgehead atoms. The first kappa shape index (κ1) is 28.3. The van der Waals surface area contributed by atoms with Crippen molar-refractivity contribution in [2.45, 2.75) is 62.8 Å². The number of phosphoric acid groups is 2. The maximum absolute atomic E-state index is 12.0. The van der Waals surface area contributed by atoms with Crippen LogP contribution in [-0.2, 0) is 32.0 Å². The van der Waals surface area contributed by atoms with E-state index >= 15 is 0 Å². The highest BCUT2D eigenvalue weighted by Gasteiger charge is 2.40. The third-order valence-corrected chi connectivity index (χ3v) is 7.74. The zero-order chi connectivity index (χ0) is 26.1. The number of phosphoric ester groups is 2. The van der Waals surface area contributed by atoms with Gasteiger partial charge in [0.1, 0.15) is 24.5 Å². The van der Waals surface area contributed by atoms with Crippen molar-refractivity contribution in [1.82, 2.24) is 9.55 Å². The van der Waals surface area contributed by atoms with Crippen molar-refractivity contribution in [2.75, 3.05) is 13.2 Å². The van der Waals surface area contributed by atoms with E-state index in [4.69, 9.17) is 14.6 Å². The average Bonchev–Trinajstić information content (AvgIpc) is 3.10. The molecule has 3 rings (SSSR count). The number of hydrogen-bond acceptors (Lipinski definition) is 15. The molecule has 2 unspecified atom stereocenters. The molecule has 2 aliphatic rings. The van der Waals surface area contributed by atoms with Crippen LogP contribution in [0.15, 0.2) is 15.8 Å². The number of nitrogens with zero attached hydrogens (tertiary/aromatic N) is 1. The predicted molar refractivity (Wildman–Crippen MR) is 106 cm³/mol. The Morgan fingerprint density at radius 1 is 1.09 bits per heavy atom. The molecule has 200 valence electrons. The summed E-state index contributed by atoms with van der Waals surface area (Å²) in [7, 11) is -11.3. The molecule has 17 nitrogen and oxygen atoms in total. The minimum atomic E-state index is -5.71. The van der Waals surface area contributed by atoms with Crippen LogP contribution in [0, 0.1) is 6.92 Å². The van der Waals surface area contributed by atoms with Crippen LogP contribution in [0.4, 0.5) is 0 Å². The Morgan fingerprint density at radius 2 is 1.74 bits per heavy atom. The van der Waals surface area contributed by atoms with Crippen LogP contribution < -0.4 is 21.0 Å². The molecule has 2 saturated heterocycles. The summed E-state index contributed by atoms with van der Waals surface area (Å²) in [4.78, 5) is 49.5. The van der Waals surface area contributed by atoms with Crippen LogP contribution in [0.25, 0.3) is 0 Å². The summed E-state index contributed by atoms with van der Waals surface area (Å²) in [6, 6.07) is 0. The highest BCUT2D eigenvalue weighted by molar-refractivity contribution is 7.59. The molecule has 9 atom stereocenters. The number of ether oxygens (including phenoxy) is 2. The van der Waals surface area contributed by atoms with Crippen LogP contribution in [0.1, 0.15) is 24.6 Å². The Balaban J connectivity index is 1.58. The van der Waals surface area contributed by atoms with E-state index in [-0.39, 0.29) is 12.0 Å². The van der Waals surface area contributed by atoms with Gasteiger partial charge < -0.3 is 44.2 Å². The van der Waals surface area contributed by atoms with Crippen LogP contribution in [0.2, 0.25) is 0 Å². The van der Waals surface area contributed by atoms with Gasteiger partial charge >= 0.3 is 5.69 Å². The standard InChI is InChI=1S/C16H26N2O15P2/c1-7-4-18(16(24)17-14(7)23)13-3-9(21)12(30-13)6-29-34(25,26)33-35(27,28)32-15-10(22)2-8(20)11(5-19)31-15/h4,8-13,15,19-22H,2-3,5-6H2,1H3,(H,25,26)(H,27,28)(H,17,23,24)/p-2/t8-,9-,10+,11+,12+,13+,15+/m0/s1. The molecule has 0 amide bonds. The number of rotatable bonds is 9. The minimum Gasteiger partial charge on any atom is -0.756 e. The molecule has 2 aliphatic heterocycles. The van der Waals surface area contributed by atoms with Crippen molar-refractivity contribution in [1.29, 1.82) is 0 Å². The van der Waals surface area contributed by atoms with Crippen LogP contribution in [0.3, 0.4) is 0 Å². The van der Waals surface area contributed by atoms with E-state index in [0.29, 0.717) is 0 Å². The maximum Gasteiger partial charge on any atom is 0.330 e. The Hall–Kier alpha value is -1.30. The first-order valence-corrected chi connectivity index (χ1v) is 13.1. The Morgan fingerprint density at radius 3 is 2.40 bits per heavy atom. The van der Waals surface area contributed by atoms with Crippen molar-refractivity contribution in [2.24, 2.45) is 0 Å². The van der Waals surface area contributed by atoms with Crippen LogP contribution in [-0.4, -0.2) is 80.0 Å². The third-order valence-electron chi connectivity index (χ3n) is 5.21. The Kier molecular flexibility index (Phi) is 8.87. The van der Waals surface area contributed by atoms with E-state index < -0.39 is 89.6 Å². The quantitative estimate of drug-likeness (QED) is 0.187. The topological polar surface area (TPSA) is 262 Å². The number of aryl methyl sites for hydroxylation is 1. The van der Waals surface area contributed by atoms with Gasteiger partial charge in [-0.25, -0.2) is 9.11 Å². The van der Waals surface area contributed by atoms with Crippen molar-refractivity contribution < 1.29 is 62.2 Å². The summed E-state index contributed by atoms with van der Waals surface area (Å²) in [5, 5.41) is 38.6. The van der Waals surface area contributed by atoms with Crippen LogP contribution >= 0.6 is 15.6 Å². The molecule has 1 aromatic rings. The van der Waals surface area contributed by atoms with E-state index in [1.165, 1.54) is 13.1 Å². The lowest BCUT2D eigenvalue weighted by Gasteiger charge is -2.39. The lowest BCUT2D eigenvalue weighted by Crippen LogP contribution is -2.49. The van der Waals surface area contributed by atoms with Gasteiger partial charge in [0.15, 0.2) is 6.29 Å². The molecular formula is C16H24N2O15P2-2. The molecule has 3 heterocycles. The second kappa shape index (κ2) is 11.0. The van der Waals surface area contributed by atoms with Crippen molar-refractivity contribution in [3.05, 3.63) is 32.6 Å². The first-order valence-electron chi connectivity index (χ1n) is 10.2. The SMILES string of the molecule is Cc1cn([C@H]2C[C@H](O)[C@@H](COP(=O)([O-])OP(=O)([O-])O[C@H]3O[C@H](CO)[C@@H](O)C[C@H]3O)O2)c(=O)[nH]c1=O. The number of aliphatic hydroxyl groups is 4. The summed E-state index contributed by atoms with van der Waals surface area (Å²) in [6.07, 6.45) is -9.45. The summed E-state index contributed by atoms with van der Waals surface area (Å²) in [5.41, 5.74) is -1.27. The van der Waals surface area contributed by atoms with Gasteiger partial charge in [-0.15, -0.1) is 0 Å². The smallest absolute Gasteiger partial charge is 0.330 e. The lowest BCUT2D eigenvalue weighted by atomic mass is 10.0. The highest BCUT2D eigenvalue weighted by atomic mass is 31.3. The molecule has 0 aromatic carbocycles. The molecule has 2 fully saturated rings. The van der Waals surface area contributed by atoms with E-state index in [9.17, 15) is 43.8 Å². The molecule has 1 aromatic heterocycles. The molecular weight excluding hydrogens is 522 g/mol. The van der Waals surface area contributed by atoms with Crippen molar-refractivity contribution in [3.8, 4) is 0 Å². The molecule has 19 heteroatoms. The number of nitrogens with one attached hydrogen (secondary N) is 1. The normalized spacial score (nSPS) is 34.9. The monoisotopic (exact) mass is 546 g/mol. The maximum atomic E-state index is 12.0. The fourth-order valence-corrected chi connectivity index (χ4v) is 5.51. The molecule has 35 heavy (non-hydrogen) atoms. The summed E-state index contributed by atoms with van der Waals surface area (Å²) < 4.78 is 48.1. The van der Waals surface area contributed by atoms with Gasteiger partial charge in [-0.2, -0.15) is 0 Å². The predicted octanol–water partition coefficient (Wildman–Crippen LogP) is -3.69. The van der Waals surface area contributed by atoms with E-state index in [1.54, 1.807) is 0 Å². The van der Waals surface area contributed by atoms with Crippen LogP contribution in [0.5, 0.6) is 0 Å². The van der Waals surface area contributed by atoms with Gasteiger partial charge in [0.05, 0.1) is 25.4 Å². The summed E-state index contributed by atoms with van der Waals surface area (Å²) in [6.45, 7) is -0.217. The highest BCUT2D eigenvalue weighted by Crippen LogP contribution is 2.57. The van der Waals surface area contributed by atoms with E-state index in [0.717, 1.165) is 4.57 Å². The number of aromatic amines is 1. The molecule has 5 N–H and O–H groups in total. The van der Waals surface area contributed by atoms with Gasteiger partial charge in [-0.3, -0.25) is 28.0 Å². The largest absolute Gasteiger partial charge is 0.756 e. The van der Waals surface area contributed by atoms with Crippen molar-refractivity contribution in [3.63, 3.8) is 0 Å². The Bertz CT molecular complexity index is 1110. The Labute approximate surface area is 196 Å². The van der Waals surface area contributed by atoms with Gasteiger partial charge in [-0.05, 0) is 6.92 Å². The van der Waals surface area contributed by atoms with Gasteiger partial charge in [0, 0.05) is 24.6 Å². The zero-order valence-corrected chi connectivity index (χ0v) is 19.9. The molecule has 0 aliphatic carbocycles. The molecule has 0 spiro atoms. The number of hydrogen-bond donors (Lipinski definition) is 5. The second-order valence-electron chi connectivity index (χ2n) is 7.88. The minimum absolute atomic E-state index is 0.179. The number of aliphatic hydroxyl groups excluding tert-OH is 4. The van der Waals surface area contributed by atoms with Gasteiger partial charge in [0.25, 0.3) is 21.2 Å². The fourth-order valence-electron chi connectivity index (χ4n) is 3.42.